The molecule has 1 aliphatic heterocycles. The first-order valence-electron chi connectivity index (χ1n) is 10.3. The Morgan fingerprint density at radius 1 is 1.22 bits per heavy atom. The number of fused-ring (bicyclic) bond motifs is 1. The van der Waals surface area contributed by atoms with Gasteiger partial charge in [0.05, 0.1) is 35.4 Å². The average molecular weight is 457 g/mol. The molecule has 0 radical (unpaired) electrons. The number of amides is 1. The van der Waals surface area contributed by atoms with Gasteiger partial charge in [-0.3, -0.25) is 14.9 Å². The Hall–Kier alpha value is -3.40. The van der Waals surface area contributed by atoms with Gasteiger partial charge in [-0.2, -0.15) is 0 Å². The van der Waals surface area contributed by atoms with Crippen molar-refractivity contribution in [2.24, 2.45) is 5.92 Å². The number of ether oxygens (including phenoxy) is 2. The molecule has 0 spiro atoms. The molecule has 0 unspecified atom stereocenters. The molecule has 2 aromatic carbocycles. The summed E-state index contributed by atoms with van der Waals surface area (Å²) in [6, 6.07) is 10.7. The quantitative estimate of drug-likeness (QED) is 0.425. The molecule has 10 heteroatoms. The average Bonchev–Trinajstić information content (AvgIpc) is 3.26. The number of carbonyl (C=O) groups excluding carboxylic acids is 1. The molecule has 0 bridgehead atoms. The number of hydrogen-bond donors (Lipinski definition) is 1. The number of piperidine rings is 1. The van der Waals surface area contributed by atoms with Crippen LogP contribution in [-0.4, -0.2) is 49.7 Å². The summed E-state index contributed by atoms with van der Waals surface area (Å²) in [4.78, 5) is 30.6. The van der Waals surface area contributed by atoms with Crippen LogP contribution in [0.3, 0.4) is 0 Å². The number of anilines is 1. The van der Waals surface area contributed by atoms with Crippen LogP contribution in [0.2, 0.25) is 0 Å². The number of nitro groups is 1. The van der Waals surface area contributed by atoms with Crippen molar-refractivity contribution in [3.63, 3.8) is 0 Å². The lowest BCUT2D eigenvalue weighted by Crippen LogP contribution is -2.38. The van der Waals surface area contributed by atoms with Crippen molar-refractivity contribution in [1.29, 1.82) is 0 Å². The van der Waals surface area contributed by atoms with E-state index in [-0.39, 0.29) is 22.7 Å². The van der Waals surface area contributed by atoms with Crippen molar-refractivity contribution >= 4 is 38.3 Å². The number of carbonyl (C=O) groups is 1. The first-order chi connectivity index (χ1) is 15.5. The van der Waals surface area contributed by atoms with E-state index in [9.17, 15) is 14.9 Å². The Morgan fingerprint density at radius 3 is 2.56 bits per heavy atom. The van der Waals surface area contributed by atoms with Crippen LogP contribution in [-0.2, 0) is 0 Å². The van der Waals surface area contributed by atoms with E-state index in [2.05, 4.69) is 16.3 Å². The number of aromatic nitrogens is 1. The summed E-state index contributed by atoms with van der Waals surface area (Å²) in [6.45, 7) is 2.17. The van der Waals surface area contributed by atoms with Crippen LogP contribution >= 0.6 is 11.3 Å². The van der Waals surface area contributed by atoms with Gasteiger partial charge in [0.15, 0.2) is 16.6 Å². The lowest BCUT2D eigenvalue weighted by atomic mass is 9.97. The topological polar surface area (TPSA) is 107 Å². The maximum atomic E-state index is 12.7. The highest BCUT2D eigenvalue weighted by molar-refractivity contribution is 7.22. The third-order valence-corrected chi connectivity index (χ3v) is 6.76. The monoisotopic (exact) mass is 456 g/mol. The fraction of sp³-hybridized carbons (Fsp3) is 0.364. The maximum absolute atomic E-state index is 12.7. The Morgan fingerprint density at radius 2 is 1.91 bits per heavy atom. The predicted octanol–water partition coefficient (Wildman–Crippen LogP) is 3.87. The number of nitrogens with one attached hydrogen (secondary N) is 1. The van der Waals surface area contributed by atoms with Gasteiger partial charge in [0.25, 0.3) is 11.6 Å². The minimum absolute atomic E-state index is 0.0421. The van der Waals surface area contributed by atoms with E-state index < -0.39 is 10.8 Å². The summed E-state index contributed by atoms with van der Waals surface area (Å²) in [6.07, 6.45) is 1.81. The molecule has 168 valence electrons. The molecular weight excluding hydrogens is 432 g/mol. The molecule has 9 nitrogen and oxygen atoms in total. The van der Waals surface area contributed by atoms with E-state index in [1.165, 1.54) is 31.1 Å². The molecule has 3 aromatic rings. The highest BCUT2D eigenvalue weighted by Gasteiger charge is 2.26. The zero-order chi connectivity index (χ0) is 22.7. The molecule has 2 heterocycles. The molecule has 4 rings (SSSR count). The van der Waals surface area contributed by atoms with Gasteiger partial charge in [0.2, 0.25) is 0 Å². The predicted molar refractivity (Wildman–Crippen MR) is 123 cm³/mol. The van der Waals surface area contributed by atoms with Crippen LogP contribution < -0.4 is 19.7 Å². The lowest BCUT2D eigenvalue weighted by molar-refractivity contribution is -0.385. The van der Waals surface area contributed by atoms with Crippen LogP contribution in [0.25, 0.3) is 10.2 Å². The number of para-hydroxylation sites is 1. The molecule has 1 saturated heterocycles. The van der Waals surface area contributed by atoms with Crippen molar-refractivity contribution in [2.75, 3.05) is 38.8 Å². The summed E-state index contributed by atoms with van der Waals surface area (Å²) >= 11 is 1.69. The minimum Gasteiger partial charge on any atom is -0.493 e. The first-order valence-corrected chi connectivity index (χ1v) is 11.1. The molecule has 1 aromatic heterocycles. The number of rotatable bonds is 7. The second-order valence-corrected chi connectivity index (χ2v) is 8.60. The lowest BCUT2D eigenvalue weighted by Gasteiger charge is -2.31. The number of benzene rings is 2. The van der Waals surface area contributed by atoms with Gasteiger partial charge in [-0.25, -0.2) is 4.98 Å². The molecule has 0 saturated carbocycles. The van der Waals surface area contributed by atoms with Crippen molar-refractivity contribution in [2.45, 2.75) is 12.8 Å². The van der Waals surface area contributed by atoms with Crippen LogP contribution in [0, 0.1) is 16.0 Å². The Kier molecular flexibility index (Phi) is 6.40. The summed E-state index contributed by atoms with van der Waals surface area (Å²) in [5.41, 5.74) is 0.656. The van der Waals surface area contributed by atoms with Gasteiger partial charge in [0.1, 0.15) is 5.56 Å². The van der Waals surface area contributed by atoms with Crippen molar-refractivity contribution < 1.29 is 19.2 Å². The summed E-state index contributed by atoms with van der Waals surface area (Å²) < 4.78 is 11.5. The molecule has 1 N–H and O–H groups in total. The second-order valence-electron chi connectivity index (χ2n) is 7.59. The third kappa shape index (κ3) is 4.45. The van der Waals surface area contributed by atoms with E-state index in [1.807, 2.05) is 18.2 Å². The van der Waals surface area contributed by atoms with E-state index in [0.29, 0.717) is 12.5 Å². The van der Waals surface area contributed by atoms with Crippen molar-refractivity contribution in [1.82, 2.24) is 10.3 Å². The Labute approximate surface area is 189 Å². The zero-order valence-electron chi connectivity index (χ0n) is 17.9. The van der Waals surface area contributed by atoms with Crippen LogP contribution in [0.4, 0.5) is 10.8 Å². The van der Waals surface area contributed by atoms with Gasteiger partial charge < -0.3 is 19.7 Å². The van der Waals surface area contributed by atoms with Crippen LogP contribution in [0.1, 0.15) is 23.2 Å². The van der Waals surface area contributed by atoms with E-state index in [0.717, 1.165) is 36.6 Å². The largest absolute Gasteiger partial charge is 0.493 e. The zero-order valence-corrected chi connectivity index (χ0v) is 18.7. The van der Waals surface area contributed by atoms with Gasteiger partial charge >= 0.3 is 0 Å². The third-order valence-electron chi connectivity index (χ3n) is 5.66. The number of thiazole rings is 1. The fourth-order valence-corrected chi connectivity index (χ4v) is 4.87. The minimum atomic E-state index is -0.590. The normalized spacial score (nSPS) is 14.4. The van der Waals surface area contributed by atoms with E-state index in [1.54, 1.807) is 11.3 Å². The fourth-order valence-electron chi connectivity index (χ4n) is 3.86. The first kappa shape index (κ1) is 21.8. The molecule has 0 aliphatic carbocycles. The molecule has 0 atom stereocenters. The second kappa shape index (κ2) is 9.39. The highest BCUT2D eigenvalue weighted by atomic mass is 32.1. The Balaban J connectivity index is 1.37. The molecule has 32 heavy (non-hydrogen) atoms. The number of hydrogen-bond acceptors (Lipinski definition) is 8. The van der Waals surface area contributed by atoms with Crippen molar-refractivity contribution in [3.8, 4) is 11.5 Å². The van der Waals surface area contributed by atoms with Gasteiger partial charge in [0, 0.05) is 25.7 Å². The highest BCUT2D eigenvalue weighted by Crippen LogP contribution is 2.35. The van der Waals surface area contributed by atoms with Crippen LogP contribution in [0.15, 0.2) is 36.4 Å². The smallest absolute Gasteiger partial charge is 0.286 e. The number of nitro benzene ring substituents is 1. The van der Waals surface area contributed by atoms with Gasteiger partial charge in [-0.05, 0) is 30.9 Å². The number of methoxy groups -OCH3 is 2. The Bertz CT molecular complexity index is 1110. The summed E-state index contributed by atoms with van der Waals surface area (Å²) in [7, 11) is 2.81. The summed E-state index contributed by atoms with van der Waals surface area (Å²) in [5.74, 6) is 0.278. The maximum Gasteiger partial charge on any atom is 0.286 e. The van der Waals surface area contributed by atoms with Crippen LogP contribution in [0.5, 0.6) is 11.5 Å². The van der Waals surface area contributed by atoms with Gasteiger partial charge in [-0.1, -0.05) is 23.5 Å². The number of nitrogens with zero attached hydrogens (tertiary/aromatic N) is 3. The molecule has 1 amide bonds. The molecular formula is C22H24N4O5S. The van der Waals surface area contributed by atoms with E-state index >= 15 is 0 Å². The van der Waals surface area contributed by atoms with Gasteiger partial charge in [-0.15, -0.1) is 0 Å². The summed E-state index contributed by atoms with van der Waals surface area (Å²) in [5, 5.41) is 15.3. The molecule has 1 aliphatic rings. The van der Waals surface area contributed by atoms with E-state index in [4.69, 9.17) is 14.5 Å². The molecule has 1 fully saturated rings. The van der Waals surface area contributed by atoms with Crippen molar-refractivity contribution in [3.05, 3.63) is 52.1 Å². The standard InChI is InChI=1S/C22H24N4O5S/c1-30-18-11-15(17(26(28)29)12-19(18)31-2)21(27)23-13-14-7-9-25(10-8-14)22-24-16-5-3-4-6-20(16)32-22/h3-6,11-12,14H,7-10,13H2,1-2H3,(H,23,27). The SMILES string of the molecule is COc1cc(C(=O)NCC2CCN(c3nc4ccccc4s3)CC2)c([N+](=O)[O-])cc1OC.